The molecule has 0 amide bonds. The first-order valence-electron chi connectivity index (χ1n) is 7.67. The third kappa shape index (κ3) is 4.47. The van der Waals surface area contributed by atoms with Crippen molar-refractivity contribution in [3.8, 4) is 0 Å². The number of alkyl halides is 2. The monoisotopic (exact) mass is 352 g/mol. The maximum atomic E-state index is 13.6. The van der Waals surface area contributed by atoms with E-state index in [2.05, 4.69) is 4.74 Å². The first-order chi connectivity index (χ1) is 11.5. The molecule has 2 rings (SSSR count). The van der Waals surface area contributed by atoms with Crippen molar-refractivity contribution in [2.75, 3.05) is 6.61 Å². The van der Waals surface area contributed by atoms with Crippen LogP contribution in [0.2, 0.25) is 0 Å². The maximum Gasteiger partial charge on any atom is 0.376 e. The molecule has 0 aliphatic rings. The Morgan fingerprint density at radius 3 is 2.58 bits per heavy atom. The molecule has 24 heavy (non-hydrogen) atoms. The highest BCUT2D eigenvalue weighted by Crippen LogP contribution is 2.25. The molecule has 0 unspecified atom stereocenters. The number of ketones is 1. The number of benzene rings is 1. The topological polar surface area (TPSA) is 43.4 Å². The number of esters is 1. The van der Waals surface area contributed by atoms with Crippen LogP contribution in [0.15, 0.2) is 41.8 Å². The second-order valence-corrected chi connectivity index (χ2v) is 6.19. The second-order valence-electron chi connectivity index (χ2n) is 5.24. The second kappa shape index (κ2) is 8.15. The first-order valence-corrected chi connectivity index (χ1v) is 8.55. The van der Waals surface area contributed by atoms with Gasteiger partial charge >= 0.3 is 11.9 Å². The zero-order valence-corrected chi connectivity index (χ0v) is 14.1. The van der Waals surface area contributed by atoms with Crippen LogP contribution >= 0.6 is 11.3 Å². The van der Waals surface area contributed by atoms with Crippen LogP contribution in [-0.4, -0.2) is 24.3 Å². The number of aryl methyl sites for hydroxylation is 1. The van der Waals surface area contributed by atoms with Gasteiger partial charge in [0.25, 0.3) is 0 Å². The van der Waals surface area contributed by atoms with Crippen LogP contribution in [0.3, 0.4) is 0 Å². The van der Waals surface area contributed by atoms with Crippen LogP contribution in [-0.2, 0) is 16.0 Å². The lowest BCUT2D eigenvalue weighted by atomic mass is 9.97. The van der Waals surface area contributed by atoms with Gasteiger partial charge in [-0.15, -0.1) is 11.3 Å². The summed E-state index contributed by atoms with van der Waals surface area (Å²) in [5.41, 5.74) is 1.22. The van der Waals surface area contributed by atoms with Crippen LogP contribution < -0.4 is 0 Å². The minimum absolute atomic E-state index is 0.0768. The van der Waals surface area contributed by atoms with Crippen molar-refractivity contribution in [2.45, 2.75) is 32.1 Å². The zero-order valence-electron chi connectivity index (χ0n) is 13.3. The number of thiophene rings is 1. The van der Waals surface area contributed by atoms with Gasteiger partial charge in [0.05, 0.1) is 11.5 Å². The molecule has 0 N–H and O–H groups in total. The Bertz CT molecular complexity index is 696. The Labute approximate surface area is 143 Å². The normalized spacial score (nSPS) is 11.3. The van der Waals surface area contributed by atoms with Crippen LogP contribution in [0.25, 0.3) is 0 Å². The molecule has 128 valence electrons. The molecular weight excluding hydrogens is 334 g/mol. The Kier molecular flexibility index (Phi) is 6.20. The number of hydrogen-bond donors (Lipinski definition) is 0. The Balaban J connectivity index is 2.04. The van der Waals surface area contributed by atoms with E-state index < -0.39 is 18.3 Å². The molecule has 6 heteroatoms. The van der Waals surface area contributed by atoms with E-state index in [1.54, 1.807) is 36.4 Å². The van der Waals surface area contributed by atoms with Crippen molar-refractivity contribution >= 4 is 23.1 Å². The quantitative estimate of drug-likeness (QED) is 0.519. The van der Waals surface area contributed by atoms with Crippen LogP contribution in [0.5, 0.6) is 0 Å². The van der Waals surface area contributed by atoms with Gasteiger partial charge in [-0.1, -0.05) is 30.3 Å². The Morgan fingerprint density at radius 2 is 1.92 bits per heavy atom. The summed E-state index contributed by atoms with van der Waals surface area (Å²) in [6, 6.07) is 10.5. The largest absolute Gasteiger partial charge is 0.462 e. The Hall–Kier alpha value is -2.08. The third-order valence-electron chi connectivity index (χ3n) is 3.52. The molecule has 0 bridgehead atoms. The van der Waals surface area contributed by atoms with Gasteiger partial charge in [0, 0.05) is 12.0 Å². The van der Waals surface area contributed by atoms with Gasteiger partial charge in [-0.25, -0.2) is 4.79 Å². The number of carbonyl (C=O) groups excluding carboxylic acids is 2. The van der Waals surface area contributed by atoms with E-state index in [1.165, 1.54) is 18.3 Å². The van der Waals surface area contributed by atoms with Crippen LogP contribution in [0.1, 0.15) is 40.6 Å². The van der Waals surface area contributed by atoms with Gasteiger partial charge in [-0.3, -0.25) is 4.79 Å². The van der Waals surface area contributed by atoms with Gasteiger partial charge in [0.15, 0.2) is 0 Å². The van der Waals surface area contributed by atoms with Crippen molar-refractivity contribution in [3.05, 3.63) is 57.8 Å². The highest BCUT2D eigenvalue weighted by atomic mass is 32.1. The van der Waals surface area contributed by atoms with Gasteiger partial charge in [-0.2, -0.15) is 8.78 Å². The fourth-order valence-electron chi connectivity index (χ4n) is 2.34. The minimum atomic E-state index is -3.50. The maximum absolute atomic E-state index is 13.6. The molecule has 0 radical (unpaired) electrons. The molecule has 0 spiro atoms. The molecule has 0 aliphatic carbocycles. The molecular formula is C18H18F2O3S. The van der Waals surface area contributed by atoms with E-state index >= 15 is 0 Å². The average Bonchev–Trinajstić information content (AvgIpc) is 3.09. The fourth-order valence-corrected chi connectivity index (χ4v) is 3.02. The summed E-state index contributed by atoms with van der Waals surface area (Å²) in [4.78, 5) is 24.3. The fraction of sp³-hybridized carbons (Fsp3) is 0.333. The van der Waals surface area contributed by atoms with Crippen molar-refractivity contribution in [2.24, 2.45) is 0 Å². The van der Waals surface area contributed by atoms with Gasteiger partial charge < -0.3 is 4.74 Å². The van der Waals surface area contributed by atoms with E-state index in [0.717, 1.165) is 0 Å². The smallest absolute Gasteiger partial charge is 0.376 e. The minimum Gasteiger partial charge on any atom is -0.462 e. The summed E-state index contributed by atoms with van der Waals surface area (Å²) in [5, 5.41) is 1.82. The highest BCUT2D eigenvalue weighted by molar-refractivity contribution is 7.12. The van der Waals surface area contributed by atoms with Gasteiger partial charge in [0.1, 0.15) is 0 Å². The van der Waals surface area contributed by atoms with Crippen LogP contribution in [0.4, 0.5) is 8.78 Å². The third-order valence-corrected chi connectivity index (χ3v) is 4.39. The number of carbonyl (C=O) groups is 2. The summed E-state index contributed by atoms with van der Waals surface area (Å²) in [7, 11) is 0. The number of rotatable bonds is 8. The summed E-state index contributed by atoms with van der Waals surface area (Å²) in [6.07, 6.45) is -0.226. The summed E-state index contributed by atoms with van der Waals surface area (Å²) in [5.74, 6) is -5.10. The van der Waals surface area contributed by atoms with Crippen molar-refractivity contribution in [1.82, 2.24) is 0 Å². The molecule has 0 saturated carbocycles. The SMILES string of the molecule is CCOC(=O)C(F)(F)CCCc1ccccc1C(=O)c1cccs1. The number of ether oxygens (including phenoxy) is 1. The number of hydrogen-bond acceptors (Lipinski definition) is 4. The lowest BCUT2D eigenvalue weighted by molar-refractivity contribution is -0.172. The zero-order chi connectivity index (χ0) is 17.6. The predicted molar refractivity (Wildman–Crippen MR) is 88.7 cm³/mol. The van der Waals surface area contributed by atoms with E-state index in [-0.39, 0.29) is 18.8 Å². The standard InChI is InChI=1S/C18H18F2O3S/c1-2-23-17(22)18(19,20)11-5-8-13-7-3-4-9-14(13)16(21)15-10-6-12-24-15/h3-4,6-7,9-10,12H,2,5,8,11H2,1H3. The lowest BCUT2D eigenvalue weighted by Crippen LogP contribution is -2.30. The molecule has 0 aliphatic heterocycles. The molecule has 0 fully saturated rings. The predicted octanol–water partition coefficient (Wildman–Crippen LogP) is 4.50. The van der Waals surface area contributed by atoms with E-state index in [0.29, 0.717) is 22.4 Å². The molecule has 1 aromatic heterocycles. The summed E-state index contributed by atoms with van der Waals surface area (Å²) < 4.78 is 31.7. The Morgan fingerprint density at radius 1 is 1.17 bits per heavy atom. The average molecular weight is 352 g/mol. The summed E-state index contributed by atoms with van der Waals surface area (Å²) >= 11 is 1.34. The molecule has 0 saturated heterocycles. The molecule has 3 nitrogen and oxygen atoms in total. The van der Waals surface area contributed by atoms with Crippen LogP contribution in [0, 0.1) is 0 Å². The molecule has 0 atom stereocenters. The first kappa shape index (κ1) is 18.3. The number of halogens is 2. The van der Waals surface area contributed by atoms with Crippen molar-refractivity contribution < 1.29 is 23.1 Å². The lowest BCUT2D eigenvalue weighted by Gasteiger charge is -2.15. The van der Waals surface area contributed by atoms with E-state index in [4.69, 9.17) is 0 Å². The van der Waals surface area contributed by atoms with Gasteiger partial charge in [0.2, 0.25) is 5.78 Å². The van der Waals surface area contributed by atoms with E-state index in [1.807, 2.05) is 5.38 Å². The summed E-state index contributed by atoms with van der Waals surface area (Å²) in [6.45, 7) is 1.41. The van der Waals surface area contributed by atoms with E-state index in [9.17, 15) is 18.4 Å². The van der Waals surface area contributed by atoms with Gasteiger partial charge in [-0.05, 0) is 36.8 Å². The molecule has 1 heterocycles. The highest BCUT2D eigenvalue weighted by Gasteiger charge is 2.39. The van der Waals surface area contributed by atoms with Crippen molar-refractivity contribution in [1.29, 1.82) is 0 Å². The molecule has 1 aromatic carbocycles. The van der Waals surface area contributed by atoms with Crippen molar-refractivity contribution in [3.63, 3.8) is 0 Å². The molecule has 2 aromatic rings.